The summed E-state index contributed by atoms with van der Waals surface area (Å²) in [5.41, 5.74) is 0. The minimum absolute atomic E-state index is 0.246. The summed E-state index contributed by atoms with van der Waals surface area (Å²) in [7, 11) is 0. The van der Waals surface area contributed by atoms with Crippen LogP contribution in [-0.2, 0) is 14.2 Å². The lowest BCUT2D eigenvalue weighted by molar-refractivity contribution is -0.0578. The topological polar surface area (TPSA) is 27.7 Å². The molecule has 2 atom stereocenters. The van der Waals surface area contributed by atoms with Crippen LogP contribution in [0.5, 0.6) is 0 Å². The van der Waals surface area contributed by atoms with Crippen LogP contribution < -0.4 is 0 Å². The maximum atomic E-state index is 6.06. The minimum Gasteiger partial charge on any atom is -0.376 e. The normalized spacial score (nSPS) is 13.5. The molecule has 0 aliphatic carbocycles. The smallest absolute Gasteiger partial charge is 0.0808 e. The second kappa shape index (κ2) is 26.1. The SMILES string of the molecule is CCCCCCCCCCC(COCC(CCCCCCCCCC)OCC)OCC. The lowest BCUT2D eigenvalue weighted by Crippen LogP contribution is -2.25. The summed E-state index contributed by atoms with van der Waals surface area (Å²) < 4.78 is 17.9. The van der Waals surface area contributed by atoms with Crippen molar-refractivity contribution in [2.24, 2.45) is 0 Å². The fraction of sp³-hybridized carbons (Fsp3) is 1.00. The molecule has 0 aromatic heterocycles. The van der Waals surface area contributed by atoms with E-state index in [0.717, 1.165) is 26.1 Å². The Hall–Kier alpha value is -0.120. The van der Waals surface area contributed by atoms with E-state index in [0.29, 0.717) is 13.2 Å². The van der Waals surface area contributed by atoms with Crippen molar-refractivity contribution in [1.29, 1.82) is 0 Å². The molecule has 0 aromatic carbocycles. The fourth-order valence-electron chi connectivity index (χ4n) is 4.24. The van der Waals surface area contributed by atoms with Gasteiger partial charge in [-0.1, -0.05) is 117 Å². The van der Waals surface area contributed by atoms with Crippen LogP contribution in [0.25, 0.3) is 0 Å². The lowest BCUT2D eigenvalue weighted by Gasteiger charge is -2.21. The third-order valence-corrected chi connectivity index (χ3v) is 6.17. The molecule has 0 aliphatic rings. The van der Waals surface area contributed by atoms with Gasteiger partial charge >= 0.3 is 0 Å². The van der Waals surface area contributed by atoms with Crippen LogP contribution in [0, 0.1) is 0 Å². The van der Waals surface area contributed by atoms with Gasteiger partial charge in [-0.3, -0.25) is 0 Å². The zero-order valence-electron chi connectivity index (χ0n) is 21.9. The van der Waals surface area contributed by atoms with E-state index in [-0.39, 0.29) is 12.2 Å². The van der Waals surface area contributed by atoms with E-state index < -0.39 is 0 Å². The fourth-order valence-corrected chi connectivity index (χ4v) is 4.24. The molecule has 0 bridgehead atoms. The summed E-state index contributed by atoms with van der Waals surface area (Å²) in [5, 5.41) is 0. The second-order valence-electron chi connectivity index (χ2n) is 9.22. The van der Waals surface area contributed by atoms with Gasteiger partial charge in [-0.05, 0) is 26.7 Å². The van der Waals surface area contributed by atoms with Crippen LogP contribution in [0.2, 0.25) is 0 Å². The van der Waals surface area contributed by atoms with E-state index in [1.54, 1.807) is 0 Å². The zero-order chi connectivity index (χ0) is 22.8. The van der Waals surface area contributed by atoms with Crippen LogP contribution in [0.1, 0.15) is 143 Å². The second-order valence-corrected chi connectivity index (χ2v) is 9.22. The van der Waals surface area contributed by atoms with Gasteiger partial charge in [0.2, 0.25) is 0 Å². The molecule has 0 aliphatic heterocycles. The van der Waals surface area contributed by atoms with Gasteiger partial charge in [-0.15, -0.1) is 0 Å². The van der Waals surface area contributed by atoms with E-state index in [9.17, 15) is 0 Å². The Kier molecular flexibility index (Phi) is 26.0. The first-order valence-electron chi connectivity index (χ1n) is 14.1. The van der Waals surface area contributed by atoms with Gasteiger partial charge in [0.15, 0.2) is 0 Å². The minimum atomic E-state index is 0.246. The highest BCUT2D eigenvalue weighted by Gasteiger charge is 2.13. The Morgan fingerprint density at radius 2 is 0.742 bits per heavy atom. The molecule has 31 heavy (non-hydrogen) atoms. The molecule has 0 saturated heterocycles. The summed E-state index contributed by atoms with van der Waals surface area (Å²) in [4.78, 5) is 0. The average Bonchev–Trinajstić information content (AvgIpc) is 2.77. The van der Waals surface area contributed by atoms with Crippen molar-refractivity contribution >= 4 is 0 Å². The van der Waals surface area contributed by atoms with Gasteiger partial charge < -0.3 is 14.2 Å². The third kappa shape index (κ3) is 22.9. The van der Waals surface area contributed by atoms with Crippen molar-refractivity contribution in [2.75, 3.05) is 26.4 Å². The highest BCUT2D eigenvalue weighted by molar-refractivity contribution is 4.62. The van der Waals surface area contributed by atoms with Crippen molar-refractivity contribution in [3.63, 3.8) is 0 Å². The summed E-state index contributed by atoms with van der Waals surface area (Å²) >= 11 is 0. The van der Waals surface area contributed by atoms with E-state index in [1.165, 1.54) is 103 Å². The van der Waals surface area contributed by atoms with Crippen LogP contribution in [-0.4, -0.2) is 38.6 Å². The number of unbranched alkanes of at least 4 members (excludes halogenated alkanes) is 14. The molecule has 0 aromatic rings. The molecule has 188 valence electrons. The van der Waals surface area contributed by atoms with Crippen molar-refractivity contribution in [2.45, 2.75) is 155 Å². The van der Waals surface area contributed by atoms with Crippen LogP contribution in [0.15, 0.2) is 0 Å². The van der Waals surface area contributed by atoms with Gasteiger partial charge in [0.05, 0.1) is 25.4 Å². The van der Waals surface area contributed by atoms with Crippen molar-refractivity contribution in [3.05, 3.63) is 0 Å². The first kappa shape index (κ1) is 30.9. The Balaban J connectivity index is 3.83. The average molecular weight is 443 g/mol. The zero-order valence-corrected chi connectivity index (χ0v) is 21.9. The first-order chi connectivity index (χ1) is 15.3. The molecule has 0 rings (SSSR count). The van der Waals surface area contributed by atoms with Crippen LogP contribution in [0.3, 0.4) is 0 Å². The Morgan fingerprint density at radius 3 is 1.06 bits per heavy atom. The highest BCUT2D eigenvalue weighted by Crippen LogP contribution is 2.14. The summed E-state index contributed by atoms with van der Waals surface area (Å²) in [5.74, 6) is 0. The number of hydrogen-bond acceptors (Lipinski definition) is 3. The molecule has 3 heteroatoms. The maximum absolute atomic E-state index is 6.06. The van der Waals surface area contributed by atoms with Crippen LogP contribution in [0.4, 0.5) is 0 Å². The Labute approximate surface area is 196 Å². The van der Waals surface area contributed by atoms with Crippen molar-refractivity contribution < 1.29 is 14.2 Å². The summed E-state index contributed by atoms with van der Waals surface area (Å²) in [6.45, 7) is 11.7. The molecule has 0 N–H and O–H groups in total. The standard InChI is InChI=1S/C28H58O3/c1-5-9-11-13-15-17-19-21-23-27(30-7-3)25-29-26-28(31-8-4)24-22-20-18-16-14-12-10-6-2/h27-28H,5-26H2,1-4H3. The predicted octanol–water partition coefficient (Wildman–Crippen LogP) is 8.87. The number of ether oxygens (including phenoxy) is 3. The molecular formula is C28H58O3. The van der Waals surface area contributed by atoms with E-state index in [2.05, 4.69) is 27.7 Å². The van der Waals surface area contributed by atoms with Crippen LogP contribution >= 0.6 is 0 Å². The Morgan fingerprint density at radius 1 is 0.419 bits per heavy atom. The number of hydrogen-bond donors (Lipinski definition) is 0. The quantitative estimate of drug-likeness (QED) is 0.125. The first-order valence-corrected chi connectivity index (χ1v) is 14.1. The van der Waals surface area contributed by atoms with Crippen molar-refractivity contribution in [1.82, 2.24) is 0 Å². The van der Waals surface area contributed by atoms with Crippen molar-refractivity contribution in [3.8, 4) is 0 Å². The van der Waals surface area contributed by atoms with Gasteiger partial charge in [-0.25, -0.2) is 0 Å². The van der Waals surface area contributed by atoms with Gasteiger partial charge in [0.25, 0.3) is 0 Å². The van der Waals surface area contributed by atoms with E-state index in [4.69, 9.17) is 14.2 Å². The molecule has 0 amide bonds. The lowest BCUT2D eigenvalue weighted by atomic mass is 10.1. The molecule has 0 spiro atoms. The number of rotatable bonds is 26. The summed E-state index contributed by atoms with van der Waals surface area (Å²) in [6.07, 6.45) is 24.5. The molecule has 3 nitrogen and oxygen atoms in total. The third-order valence-electron chi connectivity index (χ3n) is 6.17. The molecule has 0 radical (unpaired) electrons. The molecule has 0 saturated carbocycles. The molecule has 2 unspecified atom stereocenters. The van der Waals surface area contributed by atoms with Gasteiger partial charge in [-0.2, -0.15) is 0 Å². The molecular weight excluding hydrogens is 384 g/mol. The monoisotopic (exact) mass is 442 g/mol. The van der Waals surface area contributed by atoms with E-state index >= 15 is 0 Å². The van der Waals surface area contributed by atoms with Gasteiger partial charge in [0.1, 0.15) is 0 Å². The maximum Gasteiger partial charge on any atom is 0.0808 e. The predicted molar refractivity (Wildman–Crippen MR) is 136 cm³/mol. The Bertz CT molecular complexity index is 291. The molecule has 0 fully saturated rings. The van der Waals surface area contributed by atoms with E-state index in [1.807, 2.05) is 0 Å². The van der Waals surface area contributed by atoms with Gasteiger partial charge in [0, 0.05) is 13.2 Å². The highest BCUT2D eigenvalue weighted by atomic mass is 16.6. The largest absolute Gasteiger partial charge is 0.376 e. The molecule has 0 heterocycles. The summed E-state index contributed by atoms with van der Waals surface area (Å²) in [6, 6.07) is 0.